The third kappa shape index (κ3) is 1.86. The van der Waals surface area contributed by atoms with E-state index in [9.17, 15) is 9.59 Å². The van der Waals surface area contributed by atoms with Gasteiger partial charge in [-0.05, 0) is 6.07 Å². The van der Waals surface area contributed by atoms with E-state index < -0.39 is 5.97 Å². The first-order chi connectivity index (χ1) is 7.68. The first kappa shape index (κ1) is 10.2. The molecule has 2 aromatic rings. The summed E-state index contributed by atoms with van der Waals surface area (Å²) in [4.78, 5) is 22.1. The number of carboxylic acids is 1. The second-order valence-electron chi connectivity index (χ2n) is 3.18. The Morgan fingerprint density at radius 3 is 2.62 bits per heavy atom. The zero-order chi connectivity index (χ0) is 11.5. The van der Waals surface area contributed by atoms with Crippen LogP contribution in [0.4, 0.5) is 0 Å². The van der Waals surface area contributed by atoms with E-state index in [-0.39, 0.29) is 16.8 Å². The van der Waals surface area contributed by atoms with Crippen LogP contribution in [0.2, 0.25) is 0 Å². The molecule has 1 aromatic heterocycles. The van der Waals surface area contributed by atoms with Gasteiger partial charge >= 0.3 is 5.97 Å². The van der Waals surface area contributed by atoms with Crippen molar-refractivity contribution in [2.45, 2.75) is 0 Å². The van der Waals surface area contributed by atoms with Gasteiger partial charge in [-0.3, -0.25) is 4.79 Å². The van der Waals surface area contributed by atoms with Crippen molar-refractivity contribution < 1.29 is 14.3 Å². The van der Waals surface area contributed by atoms with Crippen molar-refractivity contribution in [2.24, 2.45) is 0 Å². The summed E-state index contributed by atoms with van der Waals surface area (Å²) in [5.41, 5.74) is 0.283. The van der Waals surface area contributed by atoms with Crippen LogP contribution in [0.15, 0.2) is 51.9 Å². The normalized spacial score (nSPS) is 10.0. The molecule has 0 bridgehead atoms. The molecule has 80 valence electrons. The second-order valence-corrected chi connectivity index (χ2v) is 3.18. The van der Waals surface area contributed by atoms with Crippen LogP contribution < -0.4 is 5.43 Å². The van der Waals surface area contributed by atoms with Gasteiger partial charge in [0.05, 0.1) is 11.8 Å². The predicted molar refractivity (Wildman–Crippen MR) is 57.4 cm³/mol. The summed E-state index contributed by atoms with van der Waals surface area (Å²) in [6.45, 7) is 0. The molecule has 0 saturated carbocycles. The minimum atomic E-state index is -1.05. The molecule has 0 aliphatic heterocycles. The SMILES string of the molecule is O=C(O)c1ccccc1-c1cc(=O)cco1. The molecule has 0 aliphatic rings. The minimum Gasteiger partial charge on any atom is -0.478 e. The van der Waals surface area contributed by atoms with Crippen LogP contribution in [0.5, 0.6) is 0 Å². The maximum absolute atomic E-state index is 11.1. The number of hydrogen-bond donors (Lipinski definition) is 1. The molecule has 0 fully saturated rings. The molecule has 1 N–H and O–H groups in total. The fourth-order valence-electron chi connectivity index (χ4n) is 1.41. The lowest BCUT2D eigenvalue weighted by Crippen LogP contribution is -2.01. The van der Waals surface area contributed by atoms with Crippen LogP contribution in [0.1, 0.15) is 10.4 Å². The fourth-order valence-corrected chi connectivity index (χ4v) is 1.41. The molecule has 0 spiro atoms. The molecule has 0 radical (unpaired) electrons. The van der Waals surface area contributed by atoms with Crippen LogP contribution in [0.25, 0.3) is 11.3 Å². The van der Waals surface area contributed by atoms with Crippen molar-refractivity contribution in [3.8, 4) is 11.3 Å². The minimum absolute atomic E-state index is 0.108. The van der Waals surface area contributed by atoms with Crippen LogP contribution in [-0.4, -0.2) is 11.1 Å². The van der Waals surface area contributed by atoms with Gasteiger partial charge in [0.1, 0.15) is 5.76 Å². The van der Waals surface area contributed by atoms with E-state index in [1.807, 2.05) is 0 Å². The highest BCUT2D eigenvalue weighted by atomic mass is 16.4. The molecule has 0 amide bonds. The van der Waals surface area contributed by atoms with E-state index in [1.54, 1.807) is 18.2 Å². The number of benzene rings is 1. The maximum Gasteiger partial charge on any atom is 0.336 e. The van der Waals surface area contributed by atoms with Crippen molar-refractivity contribution >= 4 is 5.97 Å². The van der Waals surface area contributed by atoms with Crippen molar-refractivity contribution in [1.82, 2.24) is 0 Å². The average Bonchev–Trinajstić information content (AvgIpc) is 2.29. The van der Waals surface area contributed by atoms with Crippen molar-refractivity contribution in [3.63, 3.8) is 0 Å². The van der Waals surface area contributed by atoms with Gasteiger partial charge in [0, 0.05) is 17.7 Å². The van der Waals surface area contributed by atoms with Crippen LogP contribution in [0, 0.1) is 0 Å². The molecule has 0 saturated heterocycles. The predicted octanol–water partition coefficient (Wildman–Crippen LogP) is 2.00. The van der Waals surface area contributed by atoms with E-state index in [0.717, 1.165) is 0 Å². The first-order valence-electron chi connectivity index (χ1n) is 4.60. The zero-order valence-electron chi connectivity index (χ0n) is 8.21. The largest absolute Gasteiger partial charge is 0.478 e. The third-order valence-corrected chi connectivity index (χ3v) is 2.12. The molecule has 4 nitrogen and oxygen atoms in total. The Morgan fingerprint density at radius 2 is 1.94 bits per heavy atom. The van der Waals surface area contributed by atoms with E-state index in [0.29, 0.717) is 5.56 Å². The fraction of sp³-hybridized carbons (Fsp3) is 0. The lowest BCUT2D eigenvalue weighted by Gasteiger charge is -2.03. The Kier molecular flexibility index (Phi) is 2.55. The molecule has 4 heteroatoms. The number of aromatic carboxylic acids is 1. The van der Waals surface area contributed by atoms with Crippen LogP contribution in [0.3, 0.4) is 0 Å². The number of carbonyl (C=O) groups is 1. The molecule has 2 rings (SSSR count). The lowest BCUT2D eigenvalue weighted by molar-refractivity contribution is 0.0697. The average molecular weight is 216 g/mol. The first-order valence-corrected chi connectivity index (χ1v) is 4.60. The summed E-state index contributed by atoms with van der Waals surface area (Å²) >= 11 is 0. The standard InChI is InChI=1S/C12H8O4/c13-8-5-6-16-11(7-8)9-3-1-2-4-10(9)12(14)15/h1-7H,(H,14,15). The van der Waals surface area contributed by atoms with E-state index >= 15 is 0 Å². The van der Waals surface area contributed by atoms with E-state index in [2.05, 4.69) is 0 Å². The van der Waals surface area contributed by atoms with Gasteiger partial charge in [-0.2, -0.15) is 0 Å². The molecule has 1 aromatic carbocycles. The van der Waals surface area contributed by atoms with Gasteiger partial charge in [-0.25, -0.2) is 4.79 Å². The Morgan fingerprint density at radius 1 is 1.19 bits per heavy atom. The third-order valence-electron chi connectivity index (χ3n) is 2.12. The number of carboxylic acid groups (broad SMARTS) is 1. The topological polar surface area (TPSA) is 67.5 Å². The van der Waals surface area contributed by atoms with Gasteiger partial charge in [-0.1, -0.05) is 18.2 Å². The second kappa shape index (κ2) is 4.02. The zero-order valence-corrected chi connectivity index (χ0v) is 8.21. The van der Waals surface area contributed by atoms with Gasteiger partial charge in [0.2, 0.25) is 0 Å². The maximum atomic E-state index is 11.1. The Labute approximate surface area is 90.8 Å². The molecular formula is C12H8O4. The van der Waals surface area contributed by atoms with Gasteiger partial charge in [0.25, 0.3) is 0 Å². The number of rotatable bonds is 2. The summed E-state index contributed by atoms with van der Waals surface area (Å²) in [5.74, 6) is -0.799. The molecule has 0 unspecified atom stereocenters. The summed E-state index contributed by atoms with van der Waals surface area (Å²) < 4.78 is 5.12. The molecule has 0 atom stereocenters. The van der Waals surface area contributed by atoms with Crippen LogP contribution >= 0.6 is 0 Å². The highest BCUT2D eigenvalue weighted by Gasteiger charge is 2.12. The molecule has 16 heavy (non-hydrogen) atoms. The lowest BCUT2D eigenvalue weighted by atomic mass is 10.1. The Hall–Kier alpha value is -2.36. The highest BCUT2D eigenvalue weighted by molar-refractivity contribution is 5.95. The summed E-state index contributed by atoms with van der Waals surface area (Å²) in [5, 5.41) is 8.98. The van der Waals surface area contributed by atoms with Gasteiger partial charge in [-0.15, -0.1) is 0 Å². The molecule has 1 heterocycles. The molecular weight excluding hydrogens is 208 g/mol. The van der Waals surface area contributed by atoms with Crippen LogP contribution in [-0.2, 0) is 0 Å². The monoisotopic (exact) mass is 216 g/mol. The van der Waals surface area contributed by atoms with Crippen molar-refractivity contribution in [3.05, 3.63) is 58.4 Å². The van der Waals surface area contributed by atoms with Gasteiger partial charge in [0.15, 0.2) is 5.43 Å². The highest BCUT2D eigenvalue weighted by Crippen LogP contribution is 2.22. The van der Waals surface area contributed by atoms with E-state index in [4.69, 9.17) is 9.52 Å². The Bertz CT molecular complexity index is 583. The number of hydrogen-bond acceptors (Lipinski definition) is 3. The quantitative estimate of drug-likeness (QED) is 0.833. The molecule has 0 aliphatic carbocycles. The van der Waals surface area contributed by atoms with Gasteiger partial charge < -0.3 is 9.52 Å². The summed E-state index contributed by atoms with van der Waals surface area (Å²) in [7, 11) is 0. The van der Waals surface area contributed by atoms with Crippen molar-refractivity contribution in [1.29, 1.82) is 0 Å². The van der Waals surface area contributed by atoms with Crippen molar-refractivity contribution in [2.75, 3.05) is 0 Å². The van der Waals surface area contributed by atoms with E-state index in [1.165, 1.54) is 24.5 Å². The smallest absolute Gasteiger partial charge is 0.336 e. The summed E-state index contributed by atoms with van der Waals surface area (Å²) in [6, 6.07) is 8.91. The Balaban J connectivity index is 2.64. The summed E-state index contributed by atoms with van der Waals surface area (Å²) in [6.07, 6.45) is 1.25.